The van der Waals surface area contributed by atoms with Crippen molar-refractivity contribution in [1.82, 2.24) is 15.5 Å². The van der Waals surface area contributed by atoms with Gasteiger partial charge < -0.3 is 25.4 Å². The summed E-state index contributed by atoms with van der Waals surface area (Å²) in [6, 6.07) is 4.59. The second kappa shape index (κ2) is 12.0. The number of ether oxygens (including phenoxy) is 1. The Balaban J connectivity index is 2.49. The first-order chi connectivity index (χ1) is 16.6. The van der Waals surface area contributed by atoms with Crippen LogP contribution in [0.1, 0.15) is 99.1 Å². The maximum absolute atomic E-state index is 14.1. The van der Waals surface area contributed by atoms with Crippen molar-refractivity contribution in [3.63, 3.8) is 0 Å². The molecule has 36 heavy (non-hydrogen) atoms. The number of aromatic hydroxyl groups is 1. The van der Waals surface area contributed by atoms with Crippen molar-refractivity contribution in [3.05, 3.63) is 29.8 Å². The third-order valence-electron chi connectivity index (χ3n) is 6.21. The number of rotatable bonds is 7. The first-order valence-corrected chi connectivity index (χ1v) is 13.0. The molecule has 1 aromatic rings. The normalized spacial score (nSPS) is 16.7. The summed E-state index contributed by atoms with van der Waals surface area (Å²) in [6.45, 7) is 14.5. The van der Waals surface area contributed by atoms with Crippen molar-refractivity contribution in [2.24, 2.45) is 5.92 Å². The Morgan fingerprint density at radius 1 is 1.03 bits per heavy atom. The van der Waals surface area contributed by atoms with E-state index in [9.17, 15) is 19.5 Å². The highest BCUT2D eigenvalue weighted by molar-refractivity contribution is 5.93. The monoisotopic (exact) mass is 503 g/mol. The number of phenolic OH excluding ortho intramolecular Hbond substituents is 1. The van der Waals surface area contributed by atoms with E-state index in [0.717, 1.165) is 32.1 Å². The second-order valence-corrected chi connectivity index (χ2v) is 12.1. The molecule has 1 aromatic carbocycles. The van der Waals surface area contributed by atoms with Gasteiger partial charge in [-0.1, -0.05) is 45.2 Å². The van der Waals surface area contributed by atoms with Gasteiger partial charge in [-0.25, -0.2) is 4.79 Å². The van der Waals surface area contributed by atoms with Crippen molar-refractivity contribution in [2.75, 3.05) is 0 Å². The van der Waals surface area contributed by atoms with Gasteiger partial charge in [-0.3, -0.25) is 9.59 Å². The first-order valence-electron chi connectivity index (χ1n) is 13.0. The average molecular weight is 504 g/mol. The molecule has 0 bridgehead atoms. The standard InChI is InChI=1S/C28H45N3O5/c1-18(2)22(30-26(35)36-28(6,7)8)25(34)31(27(3,4)5)23(19-13-12-16-21(32)17-19)24(33)29-20-14-10-9-11-15-20/h12-13,16-18,20,22-23,32H,9-11,14-15H2,1-8H3,(H,29,33)(H,30,35). The van der Waals surface area contributed by atoms with Crippen molar-refractivity contribution < 1.29 is 24.2 Å². The van der Waals surface area contributed by atoms with Crippen LogP contribution in [0.5, 0.6) is 5.75 Å². The number of hydrogen-bond acceptors (Lipinski definition) is 5. The molecule has 1 fully saturated rings. The van der Waals surface area contributed by atoms with Crippen LogP contribution in [0.25, 0.3) is 0 Å². The van der Waals surface area contributed by atoms with E-state index in [1.54, 1.807) is 32.9 Å². The van der Waals surface area contributed by atoms with Crippen LogP contribution >= 0.6 is 0 Å². The maximum Gasteiger partial charge on any atom is 0.408 e. The Kier molecular flexibility index (Phi) is 9.80. The summed E-state index contributed by atoms with van der Waals surface area (Å²) in [6.07, 6.45) is 4.37. The lowest BCUT2D eigenvalue weighted by molar-refractivity contribution is -0.149. The third kappa shape index (κ3) is 8.42. The molecule has 0 heterocycles. The highest BCUT2D eigenvalue weighted by Gasteiger charge is 2.43. The molecule has 0 aliphatic heterocycles. The van der Waals surface area contributed by atoms with E-state index in [0.29, 0.717) is 5.56 Å². The second-order valence-electron chi connectivity index (χ2n) is 12.1. The van der Waals surface area contributed by atoms with Crippen molar-refractivity contribution in [1.29, 1.82) is 0 Å². The Hall–Kier alpha value is -2.77. The number of alkyl carbamates (subject to hydrolysis) is 1. The molecule has 2 unspecified atom stereocenters. The van der Waals surface area contributed by atoms with Gasteiger partial charge >= 0.3 is 6.09 Å². The van der Waals surface area contributed by atoms with Gasteiger partial charge in [-0.2, -0.15) is 0 Å². The Labute approximate surface area is 216 Å². The van der Waals surface area contributed by atoms with E-state index in [1.165, 1.54) is 17.0 Å². The predicted molar refractivity (Wildman–Crippen MR) is 140 cm³/mol. The van der Waals surface area contributed by atoms with Gasteiger partial charge in [-0.15, -0.1) is 0 Å². The number of hydrogen-bond donors (Lipinski definition) is 3. The fourth-order valence-electron chi connectivity index (χ4n) is 4.58. The Morgan fingerprint density at radius 2 is 1.64 bits per heavy atom. The Bertz CT molecular complexity index is 910. The minimum absolute atomic E-state index is 0.0107. The molecule has 0 radical (unpaired) electrons. The average Bonchev–Trinajstić information content (AvgIpc) is 2.73. The molecular formula is C28H45N3O5. The summed E-state index contributed by atoms with van der Waals surface area (Å²) in [5, 5.41) is 16.1. The van der Waals surface area contributed by atoms with Crippen LogP contribution < -0.4 is 10.6 Å². The van der Waals surface area contributed by atoms with Crippen LogP contribution in [0.2, 0.25) is 0 Å². The molecule has 2 rings (SSSR count). The van der Waals surface area contributed by atoms with Crippen molar-refractivity contribution in [2.45, 2.75) is 117 Å². The summed E-state index contributed by atoms with van der Waals surface area (Å²) in [4.78, 5) is 42.1. The zero-order chi connectivity index (χ0) is 27.3. The molecule has 1 aliphatic carbocycles. The number of benzene rings is 1. The van der Waals surface area contributed by atoms with Gasteiger partial charge in [0.15, 0.2) is 0 Å². The van der Waals surface area contributed by atoms with Crippen LogP contribution in [0.4, 0.5) is 4.79 Å². The molecule has 0 saturated heterocycles. The van der Waals surface area contributed by atoms with Gasteiger partial charge in [0.1, 0.15) is 23.4 Å². The lowest BCUT2D eigenvalue weighted by atomic mass is 9.91. The first kappa shape index (κ1) is 29.5. The quantitative estimate of drug-likeness (QED) is 0.482. The van der Waals surface area contributed by atoms with E-state index in [1.807, 2.05) is 34.6 Å². The third-order valence-corrected chi connectivity index (χ3v) is 6.21. The Morgan fingerprint density at radius 3 is 2.14 bits per heavy atom. The number of phenols is 1. The largest absolute Gasteiger partial charge is 0.508 e. The highest BCUT2D eigenvalue weighted by atomic mass is 16.6. The number of carbonyl (C=O) groups is 3. The summed E-state index contributed by atoms with van der Waals surface area (Å²) >= 11 is 0. The van der Waals surface area contributed by atoms with Crippen LogP contribution in [-0.4, -0.2) is 51.1 Å². The van der Waals surface area contributed by atoms with E-state index >= 15 is 0 Å². The van der Waals surface area contributed by atoms with E-state index in [4.69, 9.17) is 4.74 Å². The van der Waals surface area contributed by atoms with Crippen molar-refractivity contribution >= 4 is 17.9 Å². The summed E-state index contributed by atoms with van der Waals surface area (Å²) < 4.78 is 5.41. The molecule has 202 valence electrons. The molecule has 8 nitrogen and oxygen atoms in total. The molecule has 3 N–H and O–H groups in total. The molecule has 0 spiro atoms. The summed E-state index contributed by atoms with van der Waals surface area (Å²) in [5.41, 5.74) is -0.992. The van der Waals surface area contributed by atoms with Crippen molar-refractivity contribution in [3.8, 4) is 5.75 Å². The molecule has 8 heteroatoms. The lowest BCUT2D eigenvalue weighted by Crippen LogP contribution is -2.60. The van der Waals surface area contributed by atoms with Crippen LogP contribution in [0.15, 0.2) is 24.3 Å². The number of carbonyl (C=O) groups excluding carboxylic acids is 3. The number of amides is 3. The SMILES string of the molecule is CC(C)C(NC(=O)OC(C)(C)C)C(=O)N(C(C(=O)NC1CCCCC1)c1cccc(O)c1)C(C)(C)C. The van der Waals surface area contributed by atoms with E-state index < -0.39 is 35.2 Å². The maximum atomic E-state index is 14.1. The number of nitrogens with zero attached hydrogens (tertiary/aromatic N) is 1. The van der Waals surface area contributed by atoms with Gasteiger partial charge in [0, 0.05) is 11.6 Å². The van der Waals surface area contributed by atoms with Crippen LogP contribution in [0.3, 0.4) is 0 Å². The van der Waals surface area contributed by atoms with E-state index in [-0.39, 0.29) is 23.6 Å². The topological polar surface area (TPSA) is 108 Å². The van der Waals surface area contributed by atoms with Crippen LogP contribution in [-0.2, 0) is 14.3 Å². The van der Waals surface area contributed by atoms with E-state index in [2.05, 4.69) is 10.6 Å². The lowest BCUT2D eigenvalue weighted by Gasteiger charge is -2.44. The smallest absolute Gasteiger partial charge is 0.408 e. The molecule has 1 aliphatic rings. The fourth-order valence-corrected chi connectivity index (χ4v) is 4.58. The van der Waals surface area contributed by atoms with Gasteiger partial charge in [0.05, 0.1) is 0 Å². The molecule has 2 atom stereocenters. The zero-order valence-corrected chi connectivity index (χ0v) is 23.2. The van der Waals surface area contributed by atoms with Gasteiger partial charge in [0.2, 0.25) is 11.8 Å². The number of nitrogens with one attached hydrogen (secondary N) is 2. The summed E-state index contributed by atoms with van der Waals surface area (Å²) in [7, 11) is 0. The zero-order valence-electron chi connectivity index (χ0n) is 23.2. The summed E-state index contributed by atoms with van der Waals surface area (Å²) in [5.74, 6) is -0.941. The fraction of sp³-hybridized carbons (Fsp3) is 0.679. The predicted octanol–water partition coefficient (Wildman–Crippen LogP) is 5.06. The molecular weight excluding hydrogens is 458 g/mol. The molecule has 1 saturated carbocycles. The highest BCUT2D eigenvalue weighted by Crippen LogP contribution is 2.33. The molecule has 3 amide bonds. The van der Waals surface area contributed by atoms with Gasteiger partial charge in [-0.05, 0) is 78.0 Å². The van der Waals surface area contributed by atoms with Crippen LogP contribution in [0, 0.1) is 5.92 Å². The van der Waals surface area contributed by atoms with Gasteiger partial charge in [0.25, 0.3) is 0 Å². The minimum atomic E-state index is -0.992. The minimum Gasteiger partial charge on any atom is -0.508 e. The molecule has 0 aromatic heterocycles.